The summed E-state index contributed by atoms with van der Waals surface area (Å²) in [6.45, 7) is 5.58. The van der Waals surface area contributed by atoms with Gasteiger partial charge in [-0.1, -0.05) is 30.3 Å². The van der Waals surface area contributed by atoms with E-state index in [1.165, 1.54) is 5.56 Å². The third-order valence-corrected chi connectivity index (χ3v) is 5.95. The van der Waals surface area contributed by atoms with Crippen molar-refractivity contribution >= 4 is 27.5 Å². The van der Waals surface area contributed by atoms with E-state index in [2.05, 4.69) is 51.2 Å². The predicted octanol–water partition coefficient (Wildman–Crippen LogP) is 4.81. The third kappa shape index (κ3) is 3.65. The van der Waals surface area contributed by atoms with E-state index in [0.717, 1.165) is 53.7 Å². The predicted molar refractivity (Wildman–Crippen MR) is 111 cm³/mol. The molecule has 1 fully saturated rings. The van der Waals surface area contributed by atoms with Crippen molar-refractivity contribution < 1.29 is 4.79 Å². The summed E-state index contributed by atoms with van der Waals surface area (Å²) in [5.41, 5.74) is 4.80. The van der Waals surface area contributed by atoms with E-state index >= 15 is 0 Å². The lowest BCUT2D eigenvalue weighted by Gasteiger charge is -2.32. The Kier molecular flexibility index (Phi) is 5.04. The summed E-state index contributed by atoms with van der Waals surface area (Å²) in [6, 6.07) is 12.7. The zero-order valence-corrected chi connectivity index (χ0v) is 17.4. The monoisotopic (exact) mass is 425 g/mol. The van der Waals surface area contributed by atoms with Gasteiger partial charge in [-0.25, -0.2) is 4.98 Å². The number of halogens is 1. The van der Waals surface area contributed by atoms with Crippen LogP contribution in [0.5, 0.6) is 0 Å². The molecule has 0 spiro atoms. The summed E-state index contributed by atoms with van der Waals surface area (Å²) < 4.78 is 2.90. The first-order valence-electron chi connectivity index (χ1n) is 9.51. The van der Waals surface area contributed by atoms with E-state index in [0.29, 0.717) is 11.6 Å². The number of nitrogens with zero attached hydrogens (tertiary/aromatic N) is 3. The molecule has 1 aromatic carbocycles. The van der Waals surface area contributed by atoms with E-state index in [4.69, 9.17) is 0 Å². The van der Waals surface area contributed by atoms with Crippen molar-refractivity contribution in [2.75, 3.05) is 13.1 Å². The quantitative estimate of drug-likeness (QED) is 0.603. The number of benzene rings is 1. The van der Waals surface area contributed by atoms with Crippen molar-refractivity contribution in [1.82, 2.24) is 14.3 Å². The number of pyridine rings is 1. The number of piperidine rings is 1. The number of rotatable bonds is 3. The summed E-state index contributed by atoms with van der Waals surface area (Å²) in [5, 5.41) is 0. The smallest absolute Gasteiger partial charge is 0.272 e. The van der Waals surface area contributed by atoms with Crippen molar-refractivity contribution in [2.24, 2.45) is 5.92 Å². The summed E-state index contributed by atoms with van der Waals surface area (Å²) in [7, 11) is 0. The molecule has 2 aromatic heterocycles. The van der Waals surface area contributed by atoms with Crippen LogP contribution in [0.1, 0.15) is 40.2 Å². The number of aryl methyl sites for hydroxylation is 2. The Labute approximate surface area is 168 Å². The Hall–Kier alpha value is -2.14. The lowest BCUT2D eigenvalue weighted by Crippen LogP contribution is -2.39. The van der Waals surface area contributed by atoms with E-state index < -0.39 is 0 Å². The fourth-order valence-corrected chi connectivity index (χ4v) is 4.63. The summed E-state index contributed by atoms with van der Waals surface area (Å²) in [4.78, 5) is 19.9. The molecule has 27 heavy (non-hydrogen) atoms. The van der Waals surface area contributed by atoms with Crippen LogP contribution >= 0.6 is 15.9 Å². The number of carbonyl (C=O) groups is 1. The first kappa shape index (κ1) is 18.2. The summed E-state index contributed by atoms with van der Waals surface area (Å²) >= 11 is 3.54. The van der Waals surface area contributed by atoms with Crippen molar-refractivity contribution in [3.8, 4) is 0 Å². The van der Waals surface area contributed by atoms with E-state index in [1.807, 2.05) is 35.4 Å². The number of amides is 1. The lowest BCUT2D eigenvalue weighted by atomic mass is 9.90. The van der Waals surface area contributed by atoms with Gasteiger partial charge in [0.15, 0.2) is 0 Å². The molecule has 1 saturated heterocycles. The van der Waals surface area contributed by atoms with Crippen molar-refractivity contribution in [3.63, 3.8) is 0 Å². The molecule has 0 unspecified atom stereocenters. The highest BCUT2D eigenvalue weighted by molar-refractivity contribution is 9.10. The molecule has 1 amide bonds. The Morgan fingerprint density at radius 2 is 1.89 bits per heavy atom. The van der Waals surface area contributed by atoms with Gasteiger partial charge in [0, 0.05) is 23.8 Å². The molecule has 0 aliphatic carbocycles. The van der Waals surface area contributed by atoms with Gasteiger partial charge >= 0.3 is 0 Å². The maximum absolute atomic E-state index is 13.2. The van der Waals surface area contributed by atoms with E-state index in [9.17, 15) is 4.79 Å². The maximum Gasteiger partial charge on any atom is 0.272 e. The number of hydrogen-bond acceptors (Lipinski definition) is 2. The van der Waals surface area contributed by atoms with Gasteiger partial charge in [0.1, 0.15) is 11.3 Å². The highest BCUT2D eigenvalue weighted by Gasteiger charge is 2.27. The second kappa shape index (κ2) is 7.47. The SMILES string of the molecule is Cc1nc2c(C)cc(Br)cn2c1C(=O)N1CCC(Cc2ccccc2)CC1. The van der Waals surface area contributed by atoms with Gasteiger partial charge in [0.2, 0.25) is 0 Å². The van der Waals surface area contributed by atoms with Crippen LogP contribution in [0.4, 0.5) is 0 Å². The Balaban J connectivity index is 1.50. The van der Waals surface area contributed by atoms with Crippen LogP contribution < -0.4 is 0 Å². The van der Waals surface area contributed by atoms with Crippen LogP contribution in [0.3, 0.4) is 0 Å². The van der Waals surface area contributed by atoms with Crippen molar-refractivity contribution in [2.45, 2.75) is 33.1 Å². The number of aromatic nitrogens is 2. The van der Waals surface area contributed by atoms with Gasteiger partial charge in [-0.15, -0.1) is 0 Å². The van der Waals surface area contributed by atoms with Gasteiger partial charge in [-0.2, -0.15) is 0 Å². The molecular formula is C22H24BrN3O. The molecule has 0 saturated carbocycles. The highest BCUT2D eigenvalue weighted by Crippen LogP contribution is 2.25. The minimum atomic E-state index is 0.0932. The minimum absolute atomic E-state index is 0.0932. The summed E-state index contributed by atoms with van der Waals surface area (Å²) in [5.74, 6) is 0.742. The fraction of sp³-hybridized carbons (Fsp3) is 0.364. The average Bonchev–Trinajstić information content (AvgIpc) is 2.99. The molecule has 1 aliphatic rings. The Morgan fingerprint density at radius 1 is 1.19 bits per heavy atom. The highest BCUT2D eigenvalue weighted by atomic mass is 79.9. The molecule has 140 valence electrons. The molecule has 4 nitrogen and oxygen atoms in total. The van der Waals surface area contributed by atoms with Gasteiger partial charge < -0.3 is 4.90 Å². The second-order valence-electron chi connectivity index (χ2n) is 7.51. The normalized spacial score (nSPS) is 15.4. The lowest BCUT2D eigenvalue weighted by molar-refractivity contribution is 0.0682. The zero-order chi connectivity index (χ0) is 19.0. The number of hydrogen-bond donors (Lipinski definition) is 0. The van der Waals surface area contributed by atoms with E-state index in [-0.39, 0.29) is 5.91 Å². The van der Waals surface area contributed by atoms with Crippen LogP contribution in [0.15, 0.2) is 47.1 Å². The standard InChI is InChI=1S/C22H24BrN3O/c1-15-12-19(23)14-26-20(16(2)24-21(15)26)22(27)25-10-8-18(9-11-25)13-17-6-4-3-5-7-17/h3-7,12,14,18H,8-11,13H2,1-2H3. The third-order valence-electron chi connectivity index (χ3n) is 5.52. The molecule has 4 rings (SSSR count). The summed E-state index contributed by atoms with van der Waals surface area (Å²) in [6.07, 6.45) is 5.15. The van der Waals surface area contributed by atoms with Crippen LogP contribution in [-0.2, 0) is 6.42 Å². The van der Waals surface area contributed by atoms with Crippen molar-refractivity contribution in [1.29, 1.82) is 0 Å². The maximum atomic E-state index is 13.2. The van der Waals surface area contributed by atoms with Gasteiger partial charge in [-0.05, 0) is 72.2 Å². The number of carbonyl (C=O) groups excluding carboxylic acids is 1. The fourth-order valence-electron chi connectivity index (χ4n) is 4.08. The van der Waals surface area contributed by atoms with Crippen molar-refractivity contribution in [3.05, 3.63) is 69.6 Å². The average molecular weight is 426 g/mol. The topological polar surface area (TPSA) is 37.6 Å². The molecule has 0 N–H and O–H groups in total. The van der Waals surface area contributed by atoms with Gasteiger partial charge in [0.05, 0.1) is 5.69 Å². The van der Waals surface area contributed by atoms with Crippen LogP contribution in [0.2, 0.25) is 0 Å². The van der Waals surface area contributed by atoms with E-state index in [1.54, 1.807) is 0 Å². The molecule has 1 aliphatic heterocycles. The molecule has 5 heteroatoms. The van der Waals surface area contributed by atoms with Crippen LogP contribution in [-0.4, -0.2) is 33.3 Å². The number of likely N-dealkylation sites (tertiary alicyclic amines) is 1. The first-order valence-corrected chi connectivity index (χ1v) is 10.3. The minimum Gasteiger partial charge on any atom is -0.337 e. The number of imidazole rings is 1. The molecule has 0 bridgehead atoms. The Bertz CT molecular complexity index is 972. The van der Waals surface area contributed by atoms with Gasteiger partial charge in [-0.3, -0.25) is 9.20 Å². The number of fused-ring (bicyclic) bond motifs is 1. The zero-order valence-electron chi connectivity index (χ0n) is 15.8. The van der Waals surface area contributed by atoms with Crippen LogP contribution in [0, 0.1) is 19.8 Å². The molecular weight excluding hydrogens is 402 g/mol. The second-order valence-corrected chi connectivity index (χ2v) is 8.42. The molecule has 0 radical (unpaired) electrons. The largest absolute Gasteiger partial charge is 0.337 e. The first-order chi connectivity index (χ1) is 13.0. The molecule has 0 atom stereocenters. The molecule has 3 aromatic rings. The van der Waals surface area contributed by atoms with Gasteiger partial charge in [0.25, 0.3) is 5.91 Å². The Morgan fingerprint density at radius 3 is 2.59 bits per heavy atom. The van der Waals surface area contributed by atoms with Crippen LogP contribution in [0.25, 0.3) is 5.65 Å². The molecule has 3 heterocycles.